The number of aromatic nitrogens is 2. The van der Waals surface area contributed by atoms with E-state index in [1.54, 1.807) is 32.9 Å². The second kappa shape index (κ2) is 11.7. The first kappa shape index (κ1) is 29.2. The summed E-state index contributed by atoms with van der Waals surface area (Å²) in [6, 6.07) is 5.43. The molecule has 2 aromatic heterocycles. The summed E-state index contributed by atoms with van der Waals surface area (Å²) < 4.78 is 38.9. The summed E-state index contributed by atoms with van der Waals surface area (Å²) in [7, 11) is -4.25. The summed E-state index contributed by atoms with van der Waals surface area (Å²) in [6.07, 6.45) is -2.12. The van der Waals surface area contributed by atoms with Crippen molar-refractivity contribution < 1.29 is 33.0 Å². The lowest BCUT2D eigenvalue weighted by atomic mass is 10.0. The molecule has 1 saturated heterocycles. The number of esters is 1. The first-order valence-electron chi connectivity index (χ1n) is 12.4. The van der Waals surface area contributed by atoms with E-state index in [9.17, 15) is 24.1 Å². The van der Waals surface area contributed by atoms with Crippen LogP contribution in [0, 0.1) is 12.8 Å². The molecule has 0 spiro atoms. The molecule has 0 aliphatic carbocycles. The smallest absolute Gasteiger partial charge is 0.459 e. The molecule has 1 aliphatic rings. The third-order valence-corrected chi connectivity index (χ3v) is 8.93. The number of carbonyl (C=O) groups excluding carboxylic acids is 1. The molecule has 4 rings (SSSR count). The Hall–Kier alpha value is -2.80. The second-order valence-corrected chi connectivity index (χ2v) is 12.3. The molecule has 14 heteroatoms. The van der Waals surface area contributed by atoms with Gasteiger partial charge in [-0.25, -0.2) is 9.36 Å². The molecule has 3 heterocycles. The van der Waals surface area contributed by atoms with Crippen LogP contribution in [0.3, 0.4) is 0 Å². The molecule has 1 aromatic carbocycles. The lowest BCUT2D eigenvalue weighted by Gasteiger charge is -2.25. The fraction of sp³-hybridized carbons (Fsp3) is 0.480. The number of benzene rings is 1. The zero-order valence-electron chi connectivity index (χ0n) is 22.2. The average molecular weight is 582 g/mol. The number of hydrogen-bond donors (Lipinski definition) is 3. The van der Waals surface area contributed by atoms with E-state index in [1.807, 2.05) is 18.4 Å². The third-order valence-electron chi connectivity index (χ3n) is 6.24. The zero-order valence-corrected chi connectivity index (χ0v) is 23.9. The zero-order chi connectivity index (χ0) is 28.5. The van der Waals surface area contributed by atoms with Crippen LogP contribution in [0.4, 0.5) is 0 Å². The number of H-pyrrole nitrogens is 1. The summed E-state index contributed by atoms with van der Waals surface area (Å²) in [5.74, 6) is -0.923. The molecule has 1 aliphatic heterocycles. The minimum atomic E-state index is -4.25. The Kier molecular flexibility index (Phi) is 8.79. The predicted octanol–water partition coefficient (Wildman–Crippen LogP) is 3.09. The van der Waals surface area contributed by atoms with Gasteiger partial charge in [0, 0.05) is 28.3 Å². The molecule has 3 aromatic rings. The van der Waals surface area contributed by atoms with E-state index in [0.29, 0.717) is 5.75 Å². The van der Waals surface area contributed by atoms with Gasteiger partial charge in [-0.15, -0.1) is 11.3 Å². The largest absolute Gasteiger partial charge is 0.462 e. The van der Waals surface area contributed by atoms with Gasteiger partial charge >= 0.3 is 19.4 Å². The average Bonchev–Trinajstić information content (AvgIpc) is 3.37. The molecule has 0 amide bonds. The summed E-state index contributed by atoms with van der Waals surface area (Å²) in [5.41, 5.74) is -0.338. The fourth-order valence-electron chi connectivity index (χ4n) is 4.28. The number of thiophene rings is 1. The number of nitrogens with one attached hydrogen (secondary N) is 2. The van der Waals surface area contributed by atoms with Crippen LogP contribution < -0.4 is 20.9 Å². The van der Waals surface area contributed by atoms with Gasteiger partial charge in [0.05, 0.1) is 18.8 Å². The Bertz CT molecular complexity index is 1500. The highest BCUT2D eigenvalue weighted by molar-refractivity contribution is 7.52. The number of ether oxygens (including phenoxy) is 2. The Labute approximate surface area is 228 Å². The second-order valence-electron chi connectivity index (χ2n) is 9.70. The van der Waals surface area contributed by atoms with Crippen LogP contribution in [0.5, 0.6) is 5.75 Å². The highest BCUT2D eigenvalue weighted by atomic mass is 32.1. The molecule has 0 radical (unpaired) electrons. The van der Waals surface area contributed by atoms with Crippen molar-refractivity contribution in [2.75, 3.05) is 6.61 Å². The normalized spacial score (nSPS) is 23.6. The maximum Gasteiger partial charge on any atom is 0.459 e. The number of aromatic amines is 1. The lowest BCUT2D eigenvalue weighted by molar-refractivity contribution is -0.149. The van der Waals surface area contributed by atoms with Gasteiger partial charge in [-0.2, -0.15) is 5.09 Å². The molecule has 0 bridgehead atoms. The molecule has 39 heavy (non-hydrogen) atoms. The fourth-order valence-corrected chi connectivity index (χ4v) is 6.75. The van der Waals surface area contributed by atoms with Crippen LogP contribution in [0.25, 0.3) is 10.1 Å². The molecular formula is C25H32N3O9PS. The van der Waals surface area contributed by atoms with Crippen LogP contribution in [0.2, 0.25) is 0 Å². The van der Waals surface area contributed by atoms with Crippen LogP contribution in [0.15, 0.2) is 45.4 Å². The number of rotatable bonds is 10. The minimum absolute atomic E-state index is 0.297. The van der Waals surface area contributed by atoms with Gasteiger partial charge in [-0.3, -0.25) is 23.7 Å². The van der Waals surface area contributed by atoms with E-state index >= 15 is 0 Å². The third kappa shape index (κ3) is 6.51. The monoisotopic (exact) mass is 581 g/mol. The number of carbonyl (C=O) groups is 1. The van der Waals surface area contributed by atoms with Gasteiger partial charge in [0.2, 0.25) is 0 Å². The van der Waals surface area contributed by atoms with E-state index in [-0.39, 0.29) is 6.10 Å². The number of hydrogen-bond acceptors (Lipinski definition) is 10. The molecule has 3 N–H and O–H groups in total. The number of aliphatic hydroxyl groups excluding tert-OH is 1. The highest BCUT2D eigenvalue weighted by Crippen LogP contribution is 2.49. The number of aryl methyl sites for hydroxylation is 1. The Balaban J connectivity index is 1.57. The summed E-state index contributed by atoms with van der Waals surface area (Å²) in [5, 5.41) is 16.2. The van der Waals surface area contributed by atoms with E-state index in [0.717, 1.165) is 20.2 Å². The Morgan fingerprint density at radius 1 is 1.28 bits per heavy atom. The number of nitrogens with zero attached hydrogens (tertiary/aromatic N) is 1. The topological polar surface area (TPSA) is 158 Å². The SMILES string of the molecule is Cc1csc2cccc(OP(=O)(N[C@@H](C)C(=O)OC(C)C)OC[C@H]3O[C@@H](n4ccc(=O)[nH]c4=O)[C@@H](C)[C@@H]3O)c12. The maximum atomic E-state index is 14.1. The first-order chi connectivity index (χ1) is 18.4. The van der Waals surface area contributed by atoms with Gasteiger partial charge in [0.15, 0.2) is 0 Å². The minimum Gasteiger partial charge on any atom is -0.462 e. The van der Waals surface area contributed by atoms with E-state index in [4.69, 9.17) is 18.5 Å². The number of aliphatic hydroxyl groups is 1. The molecule has 1 unspecified atom stereocenters. The van der Waals surface area contributed by atoms with Crippen LogP contribution in [0.1, 0.15) is 39.5 Å². The predicted molar refractivity (Wildman–Crippen MR) is 145 cm³/mol. The Morgan fingerprint density at radius 2 is 2.03 bits per heavy atom. The van der Waals surface area contributed by atoms with Crippen molar-refractivity contribution in [3.8, 4) is 5.75 Å². The van der Waals surface area contributed by atoms with Crippen molar-refractivity contribution in [3.63, 3.8) is 0 Å². The van der Waals surface area contributed by atoms with Crippen molar-refractivity contribution >= 4 is 35.1 Å². The number of fused-ring (bicyclic) bond motifs is 1. The summed E-state index contributed by atoms with van der Waals surface area (Å²) >= 11 is 1.51. The van der Waals surface area contributed by atoms with Gasteiger partial charge in [-0.05, 0) is 50.8 Å². The summed E-state index contributed by atoms with van der Waals surface area (Å²) in [6.45, 7) is 8.04. The van der Waals surface area contributed by atoms with Crippen molar-refractivity contribution in [1.82, 2.24) is 14.6 Å². The van der Waals surface area contributed by atoms with E-state index in [2.05, 4.69) is 10.1 Å². The molecule has 212 valence electrons. The maximum absolute atomic E-state index is 14.1. The molecule has 12 nitrogen and oxygen atoms in total. The van der Waals surface area contributed by atoms with E-state index in [1.165, 1.54) is 30.5 Å². The van der Waals surface area contributed by atoms with Crippen molar-refractivity contribution in [2.45, 2.75) is 65.2 Å². The molecule has 1 fully saturated rings. The molecule has 6 atom stereocenters. The highest BCUT2D eigenvalue weighted by Gasteiger charge is 2.44. The van der Waals surface area contributed by atoms with Gasteiger partial charge in [-0.1, -0.05) is 13.0 Å². The van der Waals surface area contributed by atoms with Crippen molar-refractivity contribution in [3.05, 3.63) is 62.2 Å². The summed E-state index contributed by atoms with van der Waals surface area (Å²) in [4.78, 5) is 38.4. The Morgan fingerprint density at radius 3 is 2.72 bits per heavy atom. The van der Waals surface area contributed by atoms with Crippen molar-refractivity contribution in [1.29, 1.82) is 0 Å². The van der Waals surface area contributed by atoms with Gasteiger partial charge in [0.1, 0.15) is 24.1 Å². The molecular weight excluding hydrogens is 549 g/mol. The van der Waals surface area contributed by atoms with Crippen LogP contribution in [-0.4, -0.2) is 51.6 Å². The quantitative estimate of drug-likeness (QED) is 0.240. The van der Waals surface area contributed by atoms with Gasteiger partial charge in [0.25, 0.3) is 5.56 Å². The van der Waals surface area contributed by atoms with Gasteiger partial charge < -0.3 is 19.1 Å². The molecule has 0 saturated carbocycles. The van der Waals surface area contributed by atoms with E-state index < -0.39 is 62.0 Å². The van der Waals surface area contributed by atoms with Crippen molar-refractivity contribution in [2.24, 2.45) is 5.92 Å². The first-order valence-corrected chi connectivity index (χ1v) is 14.8. The van der Waals surface area contributed by atoms with Crippen LogP contribution >= 0.6 is 19.1 Å². The lowest BCUT2D eigenvalue weighted by Crippen LogP contribution is -2.37. The van der Waals surface area contributed by atoms with Crippen LogP contribution in [-0.2, 0) is 23.4 Å². The standard InChI is InChI=1S/C25H32N3O9PS/c1-13(2)35-24(31)16(5)27-38(33,37-17-7-6-8-19-21(17)14(3)12-39-19)34-11-18-22(30)15(4)23(36-18)28-10-9-20(29)26-25(28)32/h6-10,12-13,15-16,18,22-23,30H,11H2,1-5H3,(H,27,33)(H,26,29,32)/t15-,16-,18+,22-,23+,38?/m0/s1.